The second kappa shape index (κ2) is 12.2. The summed E-state index contributed by atoms with van der Waals surface area (Å²) < 4.78 is 0. The maximum atomic E-state index is 13.7. The second-order valence-electron chi connectivity index (χ2n) is 8.19. The van der Waals surface area contributed by atoms with Gasteiger partial charge in [-0.15, -0.1) is 0 Å². The molecule has 3 aromatic carbocycles. The summed E-state index contributed by atoms with van der Waals surface area (Å²) in [5, 5.41) is 3.56. The zero-order chi connectivity index (χ0) is 23.6. The molecule has 0 aliphatic heterocycles. The van der Waals surface area contributed by atoms with Crippen LogP contribution in [0.2, 0.25) is 5.02 Å². The molecule has 0 saturated carbocycles. The molecule has 0 unspecified atom stereocenters. The highest BCUT2D eigenvalue weighted by Crippen LogP contribution is 2.29. The van der Waals surface area contributed by atoms with Crippen LogP contribution in [0.3, 0.4) is 0 Å². The Morgan fingerprint density at radius 3 is 1.94 bits per heavy atom. The molecule has 0 aliphatic rings. The standard InChI is InChI=1S/C28H31ClN2O2/c1-3-18-30-28(33)21(2)31(20-22-14-16-25(29)17-15-22)27(32)19-26(23-10-6-4-7-11-23)24-12-8-5-9-13-24/h4-17,21,26H,3,18-20H2,1-2H3,(H,30,33)/t21-/m1/s1. The minimum Gasteiger partial charge on any atom is -0.354 e. The van der Waals surface area contributed by atoms with Gasteiger partial charge in [0.25, 0.3) is 0 Å². The number of nitrogens with one attached hydrogen (secondary N) is 1. The summed E-state index contributed by atoms with van der Waals surface area (Å²) in [5.41, 5.74) is 3.08. The summed E-state index contributed by atoms with van der Waals surface area (Å²) in [6, 6.07) is 26.9. The summed E-state index contributed by atoms with van der Waals surface area (Å²) in [4.78, 5) is 28.2. The molecule has 4 nitrogen and oxygen atoms in total. The van der Waals surface area contributed by atoms with Gasteiger partial charge in [-0.3, -0.25) is 9.59 Å². The third-order valence-electron chi connectivity index (χ3n) is 5.77. The number of halogens is 1. The highest BCUT2D eigenvalue weighted by Gasteiger charge is 2.28. The van der Waals surface area contributed by atoms with Crippen molar-refractivity contribution in [2.45, 2.75) is 45.2 Å². The van der Waals surface area contributed by atoms with Gasteiger partial charge in [0.1, 0.15) is 6.04 Å². The van der Waals surface area contributed by atoms with E-state index in [2.05, 4.69) is 5.32 Å². The SMILES string of the molecule is CCCNC(=O)[C@@H](C)N(Cc1ccc(Cl)cc1)C(=O)CC(c1ccccc1)c1ccccc1. The van der Waals surface area contributed by atoms with Crippen LogP contribution in [-0.2, 0) is 16.1 Å². The van der Waals surface area contributed by atoms with Crippen LogP contribution in [0.1, 0.15) is 49.3 Å². The Labute approximate surface area is 201 Å². The molecule has 0 aliphatic carbocycles. The van der Waals surface area contributed by atoms with Gasteiger partial charge in [-0.05, 0) is 42.2 Å². The molecule has 0 bridgehead atoms. The largest absolute Gasteiger partial charge is 0.354 e. The fraction of sp³-hybridized carbons (Fsp3) is 0.286. The molecule has 5 heteroatoms. The smallest absolute Gasteiger partial charge is 0.242 e. The highest BCUT2D eigenvalue weighted by molar-refractivity contribution is 6.30. The van der Waals surface area contributed by atoms with E-state index >= 15 is 0 Å². The first-order valence-corrected chi connectivity index (χ1v) is 11.8. The molecule has 2 amide bonds. The van der Waals surface area contributed by atoms with Crippen LogP contribution in [0.25, 0.3) is 0 Å². The first-order chi connectivity index (χ1) is 16.0. The molecule has 3 aromatic rings. The average molecular weight is 463 g/mol. The van der Waals surface area contributed by atoms with Crippen LogP contribution in [-0.4, -0.2) is 29.3 Å². The van der Waals surface area contributed by atoms with Gasteiger partial charge in [0.05, 0.1) is 0 Å². The van der Waals surface area contributed by atoms with E-state index < -0.39 is 6.04 Å². The Morgan fingerprint density at radius 1 is 0.879 bits per heavy atom. The minimum atomic E-state index is -0.591. The van der Waals surface area contributed by atoms with Gasteiger partial charge in [-0.25, -0.2) is 0 Å². The maximum Gasteiger partial charge on any atom is 0.242 e. The van der Waals surface area contributed by atoms with Crippen molar-refractivity contribution in [1.82, 2.24) is 10.2 Å². The van der Waals surface area contributed by atoms with Crippen molar-refractivity contribution in [3.8, 4) is 0 Å². The monoisotopic (exact) mass is 462 g/mol. The molecule has 33 heavy (non-hydrogen) atoms. The van der Waals surface area contributed by atoms with E-state index in [0.29, 0.717) is 18.1 Å². The summed E-state index contributed by atoms with van der Waals surface area (Å²) in [6.07, 6.45) is 1.11. The van der Waals surface area contributed by atoms with Gasteiger partial charge < -0.3 is 10.2 Å². The zero-order valence-corrected chi connectivity index (χ0v) is 20.0. The number of nitrogens with zero attached hydrogens (tertiary/aromatic N) is 1. The number of hydrogen-bond donors (Lipinski definition) is 1. The van der Waals surface area contributed by atoms with Crippen molar-refractivity contribution < 1.29 is 9.59 Å². The molecule has 1 N–H and O–H groups in total. The summed E-state index contributed by atoms with van der Waals surface area (Å²) in [5.74, 6) is -0.310. The third-order valence-corrected chi connectivity index (χ3v) is 6.02. The third kappa shape index (κ3) is 6.93. The summed E-state index contributed by atoms with van der Waals surface area (Å²) in [7, 11) is 0. The van der Waals surface area contributed by atoms with Crippen molar-refractivity contribution in [2.75, 3.05) is 6.54 Å². The van der Waals surface area contributed by atoms with Gasteiger partial charge >= 0.3 is 0 Å². The van der Waals surface area contributed by atoms with Gasteiger partial charge in [-0.2, -0.15) is 0 Å². The average Bonchev–Trinajstić information content (AvgIpc) is 2.86. The Morgan fingerprint density at radius 2 is 1.42 bits per heavy atom. The van der Waals surface area contributed by atoms with Crippen molar-refractivity contribution in [2.24, 2.45) is 0 Å². The molecule has 3 rings (SSSR count). The van der Waals surface area contributed by atoms with E-state index in [1.54, 1.807) is 24.0 Å². The number of hydrogen-bond acceptors (Lipinski definition) is 2. The molecule has 0 heterocycles. The lowest BCUT2D eigenvalue weighted by molar-refractivity contribution is -0.140. The van der Waals surface area contributed by atoms with Crippen molar-refractivity contribution in [1.29, 1.82) is 0 Å². The fourth-order valence-electron chi connectivity index (χ4n) is 3.86. The topological polar surface area (TPSA) is 49.4 Å². The highest BCUT2D eigenvalue weighted by atomic mass is 35.5. The molecule has 0 saturated heterocycles. The predicted octanol–water partition coefficient (Wildman–Crippen LogP) is 5.81. The molecule has 0 spiro atoms. The first kappa shape index (κ1) is 24.5. The fourth-order valence-corrected chi connectivity index (χ4v) is 3.98. The predicted molar refractivity (Wildman–Crippen MR) is 134 cm³/mol. The van der Waals surface area contributed by atoms with Crippen LogP contribution in [0.5, 0.6) is 0 Å². The number of carbonyl (C=O) groups excluding carboxylic acids is 2. The molecule has 172 valence electrons. The van der Waals surface area contributed by atoms with E-state index in [0.717, 1.165) is 23.1 Å². The Balaban J connectivity index is 1.89. The lowest BCUT2D eigenvalue weighted by Gasteiger charge is -2.30. The normalized spacial score (nSPS) is 11.8. The van der Waals surface area contributed by atoms with Crippen molar-refractivity contribution >= 4 is 23.4 Å². The number of rotatable bonds is 10. The number of benzene rings is 3. The quantitative estimate of drug-likeness (QED) is 0.413. The lowest BCUT2D eigenvalue weighted by Crippen LogP contribution is -2.48. The minimum absolute atomic E-state index is 0.0678. The van der Waals surface area contributed by atoms with E-state index in [-0.39, 0.29) is 24.2 Å². The Hall–Kier alpha value is -3.11. The maximum absolute atomic E-state index is 13.7. The van der Waals surface area contributed by atoms with Crippen molar-refractivity contribution in [3.63, 3.8) is 0 Å². The van der Waals surface area contributed by atoms with Crippen molar-refractivity contribution in [3.05, 3.63) is 107 Å². The molecule has 1 atom stereocenters. The summed E-state index contributed by atoms with van der Waals surface area (Å²) >= 11 is 6.04. The molecular weight excluding hydrogens is 432 g/mol. The van der Waals surface area contributed by atoms with Gasteiger partial charge in [0.2, 0.25) is 11.8 Å². The van der Waals surface area contributed by atoms with Crippen LogP contribution in [0.15, 0.2) is 84.9 Å². The van der Waals surface area contributed by atoms with Gasteiger partial charge in [0, 0.05) is 30.5 Å². The lowest BCUT2D eigenvalue weighted by atomic mass is 9.88. The first-order valence-electron chi connectivity index (χ1n) is 11.4. The van der Waals surface area contributed by atoms with E-state index in [9.17, 15) is 9.59 Å². The van der Waals surface area contributed by atoms with Gasteiger partial charge in [-0.1, -0.05) is 91.3 Å². The number of carbonyl (C=O) groups is 2. The zero-order valence-electron chi connectivity index (χ0n) is 19.2. The van der Waals surface area contributed by atoms with Crippen LogP contribution >= 0.6 is 11.6 Å². The Bertz CT molecular complexity index is 983. The molecular formula is C28H31ClN2O2. The van der Waals surface area contributed by atoms with Crippen LogP contribution in [0.4, 0.5) is 0 Å². The summed E-state index contributed by atoms with van der Waals surface area (Å²) in [6.45, 7) is 4.72. The van der Waals surface area contributed by atoms with Crippen LogP contribution in [0, 0.1) is 0 Å². The van der Waals surface area contributed by atoms with E-state index in [4.69, 9.17) is 11.6 Å². The van der Waals surface area contributed by atoms with E-state index in [1.165, 1.54) is 0 Å². The molecule has 0 fully saturated rings. The Kier molecular flexibility index (Phi) is 9.08. The van der Waals surface area contributed by atoms with E-state index in [1.807, 2.05) is 79.7 Å². The number of amides is 2. The van der Waals surface area contributed by atoms with Gasteiger partial charge in [0.15, 0.2) is 0 Å². The second-order valence-corrected chi connectivity index (χ2v) is 8.63. The molecule has 0 aromatic heterocycles. The van der Waals surface area contributed by atoms with Crippen LogP contribution < -0.4 is 5.32 Å². The molecule has 0 radical (unpaired) electrons.